The first-order valence-corrected chi connectivity index (χ1v) is 8.49. The molecule has 0 aromatic carbocycles. The molecule has 0 N–H and O–H groups in total. The molecule has 0 spiro atoms. The maximum absolute atomic E-state index is 12.3. The van der Waals surface area contributed by atoms with Gasteiger partial charge in [0.05, 0.1) is 5.92 Å². The van der Waals surface area contributed by atoms with E-state index in [1.165, 1.54) is 19.3 Å². The van der Waals surface area contributed by atoms with Gasteiger partial charge in [0.25, 0.3) is 0 Å². The molecule has 1 saturated carbocycles. The minimum absolute atomic E-state index is 0.0248. The fourth-order valence-corrected chi connectivity index (χ4v) is 2.86. The third kappa shape index (κ3) is 7.31. The zero-order valence-corrected chi connectivity index (χ0v) is 14.8. The summed E-state index contributed by atoms with van der Waals surface area (Å²) >= 11 is 0. The van der Waals surface area contributed by atoms with Crippen LogP contribution in [0.4, 0.5) is 0 Å². The molecule has 1 aliphatic carbocycles. The lowest BCUT2D eigenvalue weighted by Crippen LogP contribution is -2.37. The van der Waals surface area contributed by atoms with Crippen molar-refractivity contribution in [2.45, 2.75) is 99.0 Å². The van der Waals surface area contributed by atoms with Crippen molar-refractivity contribution in [3.05, 3.63) is 0 Å². The van der Waals surface area contributed by atoms with Gasteiger partial charge in [-0.2, -0.15) is 0 Å². The maximum Gasteiger partial charge on any atom is 0.309 e. The highest BCUT2D eigenvalue weighted by molar-refractivity contribution is 5.73. The Balaban J connectivity index is 0.00000172. The summed E-state index contributed by atoms with van der Waals surface area (Å²) in [5.41, 5.74) is -0.00615. The SMILES string of the molecule is CC.CCC(CC(C)(C)C)C(=O)OC1(C)CCCCC1. The molecule has 1 rings (SSSR count). The molecule has 1 atom stereocenters. The molecule has 0 heterocycles. The average molecular weight is 284 g/mol. The van der Waals surface area contributed by atoms with Crippen LogP contribution in [-0.4, -0.2) is 11.6 Å². The summed E-state index contributed by atoms with van der Waals surface area (Å²) in [7, 11) is 0. The second kappa shape index (κ2) is 8.69. The van der Waals surface area contributed by atoms with Gasteiger partial charge in [-0.25, -0.2) is 0 Å². The number of ether oxygens (including phenoxy) is 1. The Morgan fingerprint density at radius 2 is 1.65 bits per heavy atom. The second-order valence-corrected chi connectivity index (χ2v) is 7.30. The van der Waals surface area contributed by atoms with Gasteiger partial charge in [0, 0.05) is 0 Å². The molecule has 2 heteroatoms. The van der Waals surface area contributed by atoms with E-state index in [1.807, 2.05) is 13.8 Å². The summed E-state index contributed by atoms with van der Waals surface area (Å²) in [4.78, 5) is 12.3. The molecular weight excluding hydrogens is 248 g/mol. The van der Waals surface area contributed by atoms with Gasteiger partial charge in [0.2, 0.25) is 0 Å². The first kappa shape index (κ1) is 19.5. The lowest BCUT2D eigenvalue weighted by molar-refractivity contribution is -0.167. The number of hydrogen-bond acceptors (Lipinski definition) is 2. The van der Waals surface area contributed by atoms with E-state index < -0.39 is 0 Å². The van der Waals surface area contributed by atoms with Crippen LogP contribution >= 0.6 is 0 Å². The van der Waals surface area contributed by atoms with E-state index in [4.69, 9.17) is 4.74 Å². The summed E-state index contributed by atoms with van der Waals surface area (Å²) in [6, 6.07) is 0. The molecule has 1 unspecified atom stereocenters. The highest BCUT2D eigenvalue weighted by atomic mass is 16.6. The first-order chi connectivity index (χ1) is 9.26. The van der Waals surface area contributed by atoms with Gasteiger partial charge >= 0.3 is 5.97 Å². The third-order valence-corrected chi connectivity index (χ3v) is 3.94. The number of rotatable bonds is 4. The van der Waals surface area contributed by atoms with Crippen molar-refractivity contribution in [1.82, 2.24) is 0 Å². The lowest BCUT2D eigenvalue weighted by atomic mass is 9.83. The van der Waals surface area contributed by atoms with E-state index in [0.717, 1.165) is 25.7 Å². The monoisotopic (exact) mass is 284 g/mol. The van der Waals surface area contributed by atoms with Crippen molar-refractivity contribution in [1.29, 1.82) is 0 Å². The molecule has 0 amide bonds. The molecule has 0 bridgehead atoms. The molecule has 0 aromatic heterocycles. The van der Waals surface area contributed by atoms with Crippen LogP contribution in [0.25, 0.3) is 0 Å². The van der Waals surface area contributed by atoms with Crippen LogP contribution in [0.3, 0.4) is 0 Å². The maximum atomic E-state index is 12.3. The Bertz CT molecular complexity index is 270. The Kier molecular flexibility index (Phi) is 8.46. The predicted octanol–water partition coefficient (Wildman–Crippen LogP) is 5.74. The molecular formula is C18H36O2. The fourth-order valence-electron chi connectivity index (χ4n) is 2.86. The minimum Gasteiger partial charge on any atom is -0.459 e. The van der Waals surface area contributed by atoms with Gasteiger partial charge < -0.3 is 4.74 Å². The first-order valence-electron chi connectivity index (χ1n) is 8.49. The standard InChI is InChI=1S/C16H30O2.C2H6/c1-6-13(12-15(2,3)4)14(17)18-16(5)10-8-7-9-11-16;1-2/h13H,6-12H2,1-5H3;1-2H3. The van der Waals surface area contributed by atoms with E-state index in [-0.39, 0.29) is 22.9 Å². The highest BCUT2D eigenvalue weighted by Crippen LogP contribution is 2.34. The summed E-state index contributed by atoms with van der Waals surface area (Å²) in [6.07, 6.45) is 7.53. The second-order valence-electron chi connectivity index (χ2n) is 7.30. The smallest absolute Gasteiger partial charge is 0.309 e. The molecule has 120 valence electrons. The van der Waals surface area contributed by atoms with Crippen molar-refractivity contribution in [2.75, 3.05) is 0 Å². The Labute approximate surface area is 126 Å². The van der Waals surface area contributed by atoms with Crippen molar-refractivity contribution in [3.8, 4) is 0 Å². The van der Waals surface area contributed by atoms with E-state index in [1.54, 1.807) is 0 Å². The third-order valence-electron chi connectivity index (χ3n) is 3.94. The summed E-state index contributed by atoms with van der Waals surface area (Å²) in [5.74, 6) is 0.0839. The minimum atomic E-state index is -0.194. The zero-order chi connectivity index (χ0) is 15.8. The van der Waals surface area contributed by atoms with Crippen LogP contribution in [0.1, 0.15) is 93.4 Å². The number of hydrogen-bond donors (Lipinski definition) is 0. The zero-order valence-electron chi connectivity index (χ0n) is 14.8. The van der Waals surface area contributed by atoms with Crippen LogP contribution in [0.5, 0.6) is 0 Å². The van der Waals surface area contributed by atoms with Gasteiger partial charge in [0.1, 0.15) is 5.60 Å². The summed E-state index contributed by atoms with van der Waals surface area (Å²) in [6.45, 7) is 14.7. The highest BCUT2D eigenvalue weighted by Gasteiger charge is 2.34. The Morgan fingerprint density at radius 1 is 1.15 bits per heavy atom. The largest absolute Gasteiger partial charge is 0.459 e. The topological polar surface area (TPSA) is 26.3 Å². The van der Waals surface area contributed by atoms with Gasteiger partial charge in [-0.05, 0) is 50.9 Å². The van der Waals surface area contributed by atoms with E-state index in [0.29, 0.717) is 0 Å². The van der Waals surface area contributed by atoms with Crippen LogP contribution in [0.15, 0.2) is 0 Å². The number of esters is 1. The lowest BCUT2D eigenvalue weighted by Gasteiger charge is -2.35. The van der Waals surface area contributed by atoms with Crippen LogP contribution < -0.4 is 0 Å². The van der Waals surface area contributed by atoms with Crippen LogP contribution in [-0.2, 0) is 9.53 Å². The molecule has 0 aliphatic heterocycles. The van der Waals surface area contributed by atoms with Crippen LogP contribution in [0.2, 0.25) is 0 Å². The van der Waals surface area contributed by atoms with Gasteiger partial charge in [-0.3, -0.25) is 4.79 Å². The van der Waals surface area contributed by atoms with Crippen molar-refractivity contribution < 1.29 is 9.53 Å². The van der Waals surface area contributed by atoms with Crippen molar-refractivity contribution >= 4 is 5.97 Å². The molecule has 2 nitrogen and oxygen atoms in total. The predicted molar refractivity (Wildman–Crippen MR) is 86.8 cm³/mol. The Morgan fingerprint density at radius 3 is 2.05 bits per heavy atom. The number of carbonyl (C=O) groups is 1. The molecule has 0 aromatic rings. The normalized spacial score (nSPS) is 19.6. The summed E-state index contributed by atoms with van der Waals surface area (Å²) < 4.78 is 5.84. The van der Waals surface area contributed by atoms with Crippen LogP contribution in [0, 0.1) is 11.3 Å². The van der Waals surface area contributed by atoms with Gasteiger partial charge in [0.15, 0.2) is 0 Å². The van der Waals surface area contributed by atoms with Crippen molar-refractivity contribution in [3.63, 3.8) is 0 Å². The molecule has 0 radical (unpaired) electrons. The van der Waals surface area contributed by atoms with Gasteiger partial charge in [-0.15, -0.1) is 0 Å². The summed E-state index contributed by atoms with van der Waals surface area (Å²) in [5, 5.41) is 0. The van der Waals surface area contributed by atoms with E-state index in [2.05, 4.69) is 34.6 Å². The molecule has 20 heavy (non-hydrogen) atoms. The molecule has 1 aliphatic rings. The van der Waals surface area contributed by atoms with E-state index >= 15 is 0 Å². The quantitative estimate of drug-likeness (QED) is 0.615. The molecule has 0 saturated heterocycles. The fraction of sp³-hybridized carbons (Fsp3) is 0.944. The molecule has 1 fully saturated rings. The average Bonchev–Trinajstić information content (AvgIpc) is 2.37. The van der Waals surface area contributed by atoms with Crippen molar-refractivity contribution in [2.24, 2.45) is 11.3 Å². The Hall–Kier alpha value is -0.530. The number of carbonyl (C=O) groups excluding carboxylic acids is 1. The van der Waals surface area contributed by atoms with E-state index in [9.17, 15) is 4.79 Å². The van der Waals surface area contributed by atoms with Gasteiger partial charge in [-0.1, -0.05) is 48.0 Å².